The molecule has 0 aromatic heterocycles. The van der Waals surface area contributed by atoms with Crippen LogP contribution in [-0.4, -0.2) is 45.3 Å². The highest BCUT2D eigenvalue weighted by Crippen LogP contribution is 2.28. The molecule has 166 valence electrons. The lowest BCUT2D eigenvalue weighted by atomic mass is 10.0. The summed E-state index contributed by atoms with van der Waals surface area (Å²) < 4.78 is 5.02. The number of benzene rings is 2. The molecule has 3 amide bonds. The van der Waals surface area contributed by atoms with Gasteiger partial charge in [-0.2, -0.15) is 0 Å². The number of methoxy groups -OCH3 is 1. The van der Waals surface area contributed by atoms with E-state index in [-0.39, 0.29) is 11.9 Å². The fraction of sp³-hybridized carbons (Fsp3) is 0.417. The van der Waals surface area contributed by atoms with Gasteiger partial charge in [-0.15, -0.1) is 0 Å². The number of ether oxygens (including phenoxy) is 1. The minimum Gasteiger partial charge on any atom is -0.383 e. The summed E-state index contributed by atoms with van der Waals surface area (Å²) in [6.45, 7) is 6.99. The zero-order valence-electron chi connectivity index (χ0n) is 18.5. The van der Waals surface area contributed by atoms with Crippen molar-refractivity contribution in [1.82, 2.24) is 5.32 Å². The van der Waals surface area contributed by atoms with Crippen molar-refractivity contribution in [2.75, 3.05) is 48.9 Å². The van der Waals surface area contributed by atoms with E-state index in [9.17, 15) is 9.59 Å². The third kappa shape index (κ3) is 6.21. The van der Waals surface area contributed by atoms with Crippen molar-refractivity contribution in [2.45, 2.75) is 32.6 Å². The molecule has 1 saturated heterocycles. The predicted octanol–water partition coefficient (Wildman–Crippen LogP) is 4.43. The summed E-state index contributed by atoms with van der Waals surface area (Å²) >= 11 is 0. The van der Waals surface area contributed by atoms with Gasteiger partial charge in [0.1, 0.15) is 0 Å². The number of hydrogen-bond acceptors (Lipinski definition) is 4. The van der Waals surface area contributed by atoms with Gasteiger partial charge in [-0.05, 0) is 54.7 Å². The second-order valence-corrected chi connectivity index (χ2v) is 8.03. The van der Waals surface area contributed by atoms with Crippen molar-refractivity contribution < 1.29 is 14.3 Å². The molecule has 0 spiro atoms. The smallest absolute Gasteiger partial charge is 0.323 e. The van der Waals surface area contributed by atoms with E-state index in [2.05, 4.69) is 34.7 Å². The van der Waals surface area contributed by atoms with Gasteiger partial charge in [-0.3, -0.25) is 4.79 Å². The number of hydrogen-bond donors (Lipinski definition) is 3. The molecule has 0 radical (unpaired) electrons. The Balaban J connectivity index is 1.71. The summed E-state index contributed by atoms with van der Waals surface area (Å²) in [5.41, 5.74) is 3.94. The van der Waals surface area contributed by atoms with E-state index in [1.165, 1.54) is 5.56 Å². The molecule has 0 atom stereocenters. The van der Waals surface area contributed by atoms with Crippen LogP contribution in [0.4, 0.5) is 21.9 Å². The maximum absolute atomic E-state index is 12.8. The molecule has 1 heterocycles. The molecule has 0 bridgehead atoms. The number of rotatable bonds is 8. The van der Waals surface area contributed by atoms with Crippen LogP contribution in [0.1, 0.15) is 48.5 Å². The van der Waals surface area contributed by atoms with Crippen LogP contribution in [0, 0.1) is 0 Å². The summed E-state index contributed by atoms with van der Waals surface area (Å²) in [7, 11) is 1.60. The third-order valence-corrected chi connectivity index (χ3v) is 5.37. The zero-order chi connectivity index (χ0) is 22.2. The average molecular weight is 425 g/mol. The third-order valence-electron chi connectivity index (χ3n) is 5.37. The maximum atomic E-state index is 12.8. The second-order valence-electron chi connectivity index (χ2n) is 8.03. The van der Waals surface area contributed by atoms with Gasteiger partial charge < -0.3 is 25.6 Å². The van der Waals surface area contributed by atoms with E-state index in [0.29, 0.717) is 36.0 Å². The molecular weight excluding hydrogens is 392 g/mol. The molecule has 7 nitrogen and oxygen atoms in total. The number of amides is 3. The lowest BCUT2D eigenvalue weighted by molar-refractivity contribution is 0.0937. The number of carbonyl (C=O) groups is 2. The van der Waals surface area contributed by atoms with Crippen LogP contribution in [-0.2, 0) is 4.74 Å². The van der Waals surface area contributed by atoms with E-state index in [1.54, 1.807) is 13.2 Å². The Hall–Kier alpha value is -3.06. The molecule has 2 aromatic rings. The molecule has 3 rings (SSSR count). The van der Waals surface area contributed by atoms with E-state index in [0.717, 1.165) is 31.6 Å². The second kappa shape index (κ2) is 10.8. The molecule has 1 fully saturated rings. The van der Waals surface area contributed by atoms with E-state index in [1.807, 2.05) is 36.4 Å². The molecule has 7 heteroatoms. The Kier molecular flexibility index (Phi) is 7.89. The van der Waals surface area contributed by atoms with Gasteiger partial charge in [0.2, 0.25) is 0 Å². The molecule has 0 aliphatic carbocycles. The number of nitrogens with zero attached hydrogens (tertiary/aromatic N) is 1. The lowest BCUT2D eigenvalue weighted by Crippen LogP contribution is -2.30. The molecule has 0 unspecified atom stereocenters. The molecule has 0 saturated carbocycles. The lowest BCUT2D eigenvalue weighted by Gasteiger charge is -2.22. The van der Waals surface area contributed by atoms with Crippen molar-refractivity contribution in [3.8, 4) is 0 Å². The fourth-order valence-electron chi connectivity index (χ4n) is 3.64. The first-order valence-corrected chi connectivity index (χ1v) is 10.8. The Morgan fingerprint density at radius 1 is 1.00 bits per heavy atom. The summed E-state index contributed by atoms with van der Waals surface area (Å²) in [6, 6.07) is 12.9. The largest absolute Gasteiger partial charge is 0.383 e. The van der Waals surface area contributed by atoms with Gasteiger partial charge in [-0.25, -0.2) is 4.79 Å². The first kappa shape index (κ1) is 22.6. The SMILES string of the molecule is COCCNC(=O)c1cc(NC(=O)Nc2ccc(C(C)C)cc2)ccc1N1CCCC1. The highest BCUT2D eigenvalue weighted by molar-refractivity contribution is 6.04. The van der Waals surface area contributed by atoms with Crippen LogP contribution < -0.4 is 20.9 Å². The highest BCUT2D eigenvalue weighted by atomic mass is 16.5. The number of anilines is 3. The van der Waals surface area contributed by atoms with Crippen molar-refractivity contribution in [3.05, 3.63) is 53.6 Å². The Morgan fingerprint density at radius 3 is 2.29 bits per heavy atom. The zero-order valence-corrected chi connectivity index (χ0v) is 18.5. The van der Waals surface area contributed by atoms with Gasteiger partial charge in [-0.1, -0.05) is 26.0 Å². The maximum Gasteiger partial charge on any atom is 0.323 e. The first-order chi connectivity index (χ1) is 15.0. The van der Waals surface area contributed by atoms with E-state index < -0.39 is 0 Å². The Morgan fingerprint density at radius 2 is 1.65 bits per heavy atom. The van der Waals surface area contributed by atoms with Crippen molar-refractivity contribution in [1.29, 1.82) is 0 Å². The predicted molar refractivity (Wildman–Crippen MR) is 125 cm³/mol. The molecule has 31 heavy (non-hydrogen) atoms. The molecule has 1 aliphatic heterocycles. The quantitative estimate of drug-likeness (QED) is 0.548. The highest BCUT2D eigenvalue weighted by Gasteiger charge is 2.20. The summed E-state index contributed by atoms with van der Waals surface area (Å²) in [4.78, 5) is 27.5. The fourth-order valence-corrected chi connectivity index (χ4v) is 3.64. The van der Waals surface area contributed by atoms with E-state index >= 15 is 0 Å². The van der Waals surface area contributed by atoms with Crippen LogP contribution in [0.15, 0.2) is 42.5 Å². The standard InChI is InChI=1S/C24H32N4O3/c1-17(2)18-6-8-19(9-7-18)26-24(30)27-20-10-11-22(28-13-4-5-14-28)21(16-20)23(29)25-12-15-31-3/h6-11,16-17H,4-5,12-15H2,1-3H3,(H,25,29)(H2,26,27,30). The van der Waals surface area contributed by atoms with Crippen LogP contribution in [0.5, 0.6) is 0 Å². The molecular formula is C24H32N4O3. The van der Waals surface area contributed by atoms with Gasteiger partial charge in [0, 0.05) is 43.8 Å². The minimum absolute atomic E-state index is 0.174. The first-order valence-electron chi connectivity index (χ1n) is 10.8. The van der Waals surface area contributed by atoms with Gasteiger partial charge in [0.15, 0.2) is 0 Å². The number of carbonyl (C=O) groups excluding carboxylic acids is 2. The molecule has 3 N–H and O–H groups in total. The Bertz CT molecular complexity index is 890. The topological polar surface area (TPSA) is 82.7 Å². The van der Waals surface area contributed by atoms with Gasteiger partial charge in [0.25, 0.3) is 5.91 Å². The summed E-state index contributed by atoms with van der Waals surface area (Å²) in [5, 5.41) is 8.55. The van der Waals surface area contributed by atoms with Crippen LogP contribution in [0.2, 0.25) is 0 Å². The van der Waals surface area contributed by atoms with Crippen molar-refractivity contribution in [2.24, 2.45) is 0 Å². The number of urea groups is 1. The number of nitrogens with one attached hydrogen (secondary N) is 3. The minimum atomic E-state index is -0.350. The van der Waals surface area contributed by atoms with Crippen LogP contribution in [0.25, 0.3) is 0 Å². The average Bonchev–Trinajstić information content (AvgIpc) is 3.29. The molecule has 2 aromatic carbocycles. The van der Waals surface area contributed by atoms with Crippen molar-refractivity contribution >= 4 is 29.0 Å². The summed E-state index contributed by atoms with van der Waals surface area (Å²) in [6.07, 6.45) is 2.23. The molecule has 1 aliphatic rings. The monoisotopic (exact) mass is 424 g/mol. The van der Waals surface area contributed by atoms with Crippen LogP contribution >= 0.6 is 0 Å². The van der Waals surface area contributed by atoms with E-state index in [4.69, 9.17) is 4.74 Å². The van der Waals surface area contributed by atoms with Crippen LogP contribution in [0.3, 0.4) is 0 Å². The van der Waals surface area contributed by atoms with Crippen molar-refractivity contribution in [3.63, 3.8) is 0 Å². The van der Waals surface area contributed by atoms with Gasteiger partial charge in [0.05, 0.1) is 12.2 Å². The summed E-state index contributed by atoms with van der Waals surface area (Å²) in [5.74, 6) is 0.262. The normalized spacial score (nSPS) is 13.4. The van der Waals surface area contributed by atoms with Gasteiger partial charge >= 0.3 is 6.03 Å². The Labute approximate surface area is 184 Å².